The molecule has 2 rings (SSSR count). The van der Waals surface area contributed by atoms with Crippen LogP contribution in [0.1, 0.15) is 18.4 Å². The van der Waals surface area contributed by atoms with Crippen molar-refractivity contribution in [1.82, 2.24) is 0 Å². The normalized spacial score (nSPS) is 18.5. The Morgan fingerprint density at radius 3 is 2.59 bits per heavy atom. The van der Waals surface area contributed by atoms with Crippen molar-refractivity contribution >= 4 is 0 Å². The molecule has 94 valence electrons. The zero-order valence-corrected chi connectivity index (χ0v) is 9.29. The van der Waals surface area contributed by atoms with Crippen LogP contribution in [0.15, 0.2) is 18.2 Å². The van der Waals surface area contributed by atoms with Crippen molar-refractivity contribution in [1.29, 1.82) is 0 Å². The lowest BCUT2D eigenvalue weighted by Gasteiger charge is -2.28. The minimum atomic E-state index is -1.26. The molecular formula is C12H14F2O3. The highest BCUT2D eigenvalue weighted by molar-refractivity contribution is 5.24. The third-order valence-electron chi connectivity index (χ3n) is 2.76. The number of ether oxygens (including phenoxy) is 2. The Morgan fingerprint density at radius 1 is 1.24 bits per heavy atom. The molecule has 1 aliphatic rings. The van der Waals surface area contributed by atoms with Crippen LogP contribution in [0.2, 0.25) is 0 Å². The molecule has 1 aliphatic heterocycles. The topological polar surface area (TPSA) is 38.7 Å². The van der Waals surface area contributed by atoms with Gasteiger partial charge in [-0.3, -0.25) is 0 Å². The maximum atomic E-state index is 13.7. The van der Waals surface area contributed by atoms with Crippen molar-refractivity contribution < 1.29 is 23.4 Å². The monoisotopic (exact) mass is 244 g/mol. The summed E-state index contributed by atoms with van der Waals surface area (Å²) in [6, 6.07) is 3.18. The van der Waals surface area contributed by atoms with E-state index in [1.54, 1.807) is 0 Å². The van der Waals surface area contributed by atoms with Gasteiger partial charge >= 0.3 is 0 Å². The van der Waals surface area contributed by atoms with E-state index in [1.165, 1.54) is 0 Å². The highest BCUT2D eigenvalue weighted by Gasteiger charge is 2.40. The number of hydrogen-bond acceptors (Lipinski definition) is 3. The lowest BCUT2D eigenvalue weighted by atomic mass is 10.00. The first-order valence-corrected chi connectivity index (χ1v) is 5.52. The van der Waals surface area contributed by atoms with Gasteiger partial charge in [-0.15, -0.1) is 0 Å². The summed E-state index contributed by atoms with van der Waals surface area (Å²) in [7, 11) is 0. The van der Waals surface area contributed by atoms with E-state index in [-0.39, 0.29) is 12.2 Å². The van der Waals surface area contributed by atoms with Crippen molar-refractivity contribution in [3.8, 4) is 0 Å². The van der Waals surface area contributed by atoms with E-state index in [0.29, 0.717) is 26.1 Å². The molecule has 0 atom stereocenters. The Hall–Kier alpha value is -1.04. The molecule has 0 aliphatic carbocycles. The Labute approximate surface area is 98.0 Å². The van der Waals surface area contributed by atoms with Gasteiger partial charge in [-0.2, -0.15) is 0 Å². The second kappa shape index (κ2) is 5.08. The molecule has 1 aromatic carbocycles. The highest BCUT2D eigenvalue weighted by Crippen LogP contribution is 2.37. The molecule has 3 nitrogen and oxygen atoms in total. The Kier molecular flexibility index (Phi) is 3.71. The van der Waals surface area contributed by atoms with Crippen LogP contribution >= 0.6 is 0 Å². The first-order valence-electron chi connectivity index (χ1n) is 5.52. The van der Waals surface area contributed by atoms with Crippen LogP contribution in [0.25, 0.3) is 0 Å². The third-order valence-corrected chi connectivity index (χ3v) is 2.76. The molecule has 1 aromatic rings. The van der Waals surface area contributed by atoms with E-state index in [0.717, 1.165) is 18.2 Å². The van der Waals surface area contributed by atoms with Gasteiger partial charge in [-0.25, -0.2) is 8.78 Å². The first-order chi connectivity index (χ1) is 8.18. The summed E-state index contributed by atoms with van der Waals surface area (Å²) >= 11 is 0. The first kappa shape index (κ1) is 12.4. The predicted molar refractivity (Wildman–Crippen MR) is 56.3 cm³/mol. The zero-order chi connectivity index (χ0) is 12.3. The number of benzene rings is 1. The smallest absolute Gasteiger partial charge is 0.198 e. The summed E-state index contributed by atoms with van der Waals surface area (Å²) in [6.07, 6.45) is 0.694. The van der Waals surface area contributed by atoms with Crippen LogP contribution in [0.3, 0.4) is 0 Å². The molecular weight excluding hydrogens is 230 g/mol. The molecule has 0 bridgehead atoms. The van der Waals surface area contributed by atoms with Crippen molar-refractivity contribution in [3.63, 3.8) is 0 Å². The molecule has 17 heavy (non-hydrogen) atoms. The van der Waals surface area contributed by atoms with Crippen LogP contribution in [-0.4, -0.2) is 24.9 Å². The fourth-order valence-corrected chi connectivity index (χ4v) is 1.99. The predicted octanol–water partition coefficient (Wildman–Crippen LogP) is 1.94. The van der Waals surface area contributed by atoms with Crippen molar-refractivity contribution in [2.45, 2.75) is 18.6 Å². The van der Waals surface area contributed by atoms with Crippen molar-refractivity contribution in [3.05, 3.63) is 35.4 Å². The van der Waals surface area contributed by atoms with Crippen molar-refractivity contribution in [2.75, 3.05) is 19.8 Å². The van der Waals surface area contributed by atoms with E-state index in [1.807, 2.05) is 0 Å². The molecule has 0 spiro atoms. The fraction of sp³-hybridized carbons (Fsp3) is 0.500. The maximum absolute atomic E-state index is 13.7. The fourth-order valence-electron chi connectivity index (χ4n) is 1.99. The van der Waals surface area contributed by atoms with Gasteiger partial charge in [-0.1, -0.05) is 0 Å². The van der Waals surface area contributed by atoms with Crippen LogP contribution < -0.4 is 0 Å². The van der Waals surface area contributed by atoms with Gasteiger partial charge < -0.3 is 14.6 Å². The second-order valence-electron chi connectivity index (χ2n) is 3.90. The minimum Gasteiger partial charge on any atom is -0.396 e. The van der Waals surface area contributed by atoms with Crippen LogP contribution in [0.4, 0.5) is 8.78 Å². The molecule has 0 amide bonds. The molecule has 1 N–H and O–H groups in total. The zero-order valence-electron chi connectivity index (χ0n) is 9.29. The van der Waals surface area contributed by atoms with E-state index in [2.05, 4.69) is 0 Å². The largest absolute Gasteiger partial charge is 0.396 e. The van der Waals surface area contributed by atoms with E-state index >= 15 is 0 Å². The van der Waals surface area contributed by atoms with Gasteiger partial charge in [0.2, 0.25) is 0 Å². The molecule has 0 unspecified atom stereocenters. The number of hydrogen-bond donors (Lipinski definition) is 1. The summed E-state index contributed by atoms with van der Waals surface area (Å²) in [6.45, 7) is 0.619. The highest BCUT2D eigenvalue weighted by atomic mass is 19.1. The van der Waals surface area contributed by atoms with Gasteiger partial charge in [0.25, 0.3) is 0 Å². The molecule has 1 fully saturated rings. The van der Waals surface area contributed by atoms with Gasteiger partial charge in [0.15, 0.2) is 5.79 Å². The van der Waals surface area contributed by atoms with Gasteiger partial charge in [0, 0.05) is 18.6 Å². The SMILES string of the molecule is OCCCC1(c2cc(F)ccc2F)OCCO1. The minimum absolute atomic E-state index is 0.0502. The average molecular weight is 244 g/mol. The summed E-state index contributed by atoms with van der Waals surface area (Å²) in [4.78, 5) is 0. The lowest BCUT2D eigenvalue weighted by Crippen LogP contribution is -2.29. The standard InChI is InChI=1S/C12H14F2O3/c13-9-2-3-11(14)10(8-9)12(4-1-5-15)16-6-7-17-12/h2-3,8,15H,1,4-7H2. The summed E-state index contributed by atoms with van der Waals surface area (Å²) in [5.74, 6) is -2.36. The number of rotatable bonds is 4. The Balaban J connectivity index is 2.34. The van der Waals surface area contributed by atoms with E-state index < -0.39 is 17.4 Å². The molecule has 1 saturated heterocycles. The lowest BCUT2D eigenvalue weighted by molar-refractivity contribution is -0.174. The van der Waals surface area contributed by atoms with Crippen LogP contribution in [0, 0.1) is 11.6 Å². The van der Waals surface area contributed by atoms with Crippen LogP contribution in [0.5, 0.6) is 0 Å². The van der Waals surface area contributed by atoms with Gasteiger partial charge in [-0.05, 0) is 24.6 Å². The molecule has 1 heterocycles. The van der Waals surface area contributed by atoms with Gasteiger partial charge in [0.05, 0.1) is 13.2 Å². The van der Waals surface area contributed by atoms with Crippen molar-refractivity contribution in [2.24, 2.45) is 0 Å². The average Bonchev–Trinajstić information content (AvgIpc) is 2.79. The molecule has 0 aromatic heterocycles. The van der Waals surface area contributed by atoms with E-state index in [4.69, 9.17) is 14.6 Å². The Morgan fingerprint density at radius 2 is 1.94 bits per heavy atom. The second-order valence-corrected chi connectivity index (χ2v) is 3.90. The molecule has 0 saturated carbocycles. The Bertz CT molecular complexity index is 389. The summed E-state index contributed by atoms with van der Waals surface area (Å²) in [5, 5.41) is 8.83. The summed E-state index contributed by atoms with van der Waals surface area (Å²) in [5.41, 5.74) is 0.0588. The number of aliphatic hydroxyl groups excluding tert-OH is 1. The van der Waals surface area contributed by atoms with Crippen LogP contribution in [-0.2, 0) is 15.3 Å². The number of aliphatic hydroxyl groups is 1. The quantitative estimate of drug-likeness (QED) is 0.879. The summed E-state index contributed by atoms with van der Waals surface area (Å²) < 4.78 is 37.7. The molecule has 0 radical (unpaired) electrons. The van der Waals surface area contributed by atoms with E-state index in [9.17, 15) is 8.78 Å². The third kappa shape index (κ3) is 2.46. The van der Waals surface area contributed by atoms with Gasteiger partial charge in [0.1, 0.15) is 11.6 Å². The molecule has 5 heteroatoms. The maximum Gasteiger partial charge on any atom is 0.198 e. The number of halogens is 2.